The van der Waals surface area contributed by atoms with E-state index in [4.69, 9.17) is 9.84 Å². The molecule has 2 N–H and O–H groups in total. The standard InChI is InChI=1S/C11H22N2O4/c1-9(2)13(7-8-17-3)11(16)12-6-4-5-10(14)15/h9H,4-8H2,1-3H3,(H,12,16)(H,14,15). The average Bonchev–Trinajstić information content (AvgIpc) is 2.24. The van der Waals surface area contributed by atoms with Gasteiger partial charge in [0, 0.05) is 32.7 Å². The predicted molar refractivity (Wildman–Crippen MR) is 64.0 cm³/mol. The van der Waals surface area contributed by atoms with Gasteiger partial charge in [-0.3, -0.25) is 4.79 Å². The van der Waals surface area contributed by atoms with E-state index in [9.17, 15) is 9.59 Å². The summed E-state index contributed by atoms with van der Waals surface area (Å²) in [6.07, 6.45) is 0.511. The van der Waals surface area contributed by atoms with Crippen molar-refractivity contribution < 1.29 is 19.4 Å². The molecule has 0 aromatic carbocycles. The SMILES string of the molecule is COCCN(C(=O)NCCCC(=O)O)C(C)C. The van der Waals surface area contributed by atoms with Crippen LogP contribution in [0.25, 0.3) is 0 Å². The second kappa shape index (κ2) is 8.81. The maximum absolute atomic E-state index is 11.7. The molecule has 0 aromatic rings. The highest BCUT2D eigenvalue weighted by molar-refractivity contribution is 5.74. The van der Waals surface area contributed by atoms with Gasteiger partial charge < -0.3 is 20.1 Å². The van der Waals surface area contributed by atoms with Gasteiger partial charge in [-0.05, 0) is 20.3 Å². The van der Waals surface area contributed by atoms with Crippen LogP contribution < -0.4 is 5.32 Å². The van der Waals surface area contributed by atoms with Crippen LogP contribution in [0.4, 0.5) is 4.79 Å². The molecule has 0 saturated carbocycles. The molecule has 2 amide bonds. The normalized spacial score (nSPS) is 10.4. The lowest BCUT2D eigenvalue weighted by molar-refractivity contribution is -0.137. The number of nitrogens with zero attached hydrogens (tertiary/aromatic N) is 1. The first-order chi connectivity index (χ1) is 7.99. The molecule has 0 heterocycles. The summed E-state index contributed by atoms with van der Waals surface area (Å²) < 4.78 is 4.93. The molecule has 0 unspecified atom stereocenters. The second-order valence-electron chi connectivity index (χ2n) is 4.01. The number of ether oxygens (including phenoxy) is 1. The second-order valence-corrected chi connectivity index (χ2v) is 4.01. The number of rotatable bonds is 8. The molecule has 0 aliphatic rings. The first-order valence-electron chi connectivity index (χ1n) is 5.74. The van der Waals surface area contributed by atoms with Gasteiger partial charge in [-0.15, -0.1) is 0 Å². The molecule has 0 fully saturated rings. The zero-order valence-corrected chi connectivity index (χ0v) is 10.7. The Morgan fingerprint density at radius 1 is 1.41 bits per heavy atom. The molecule has 0 atom stereocenters. The Labute approximate surface area is 102 Å². The summed E-state index contributed by atoms with van der Waals surface area (Å²) in [6, 6.07) is -0.0907. The summed E-state index contributed by atoms with van der Waals surface area (Å²) in [5, 5.41) is 11.1. The summed E-state index contributed by atoms with van der Waals surface area (Å²) >= 11 is 0. The van der Waals surface area contributed by atoms with Crippen LogP contribution in [0.1, 0.15) is 26.7 Å². The van der Waals surface area contributed by atoms with Crippen LogP contribution in [0.3, 0.4) is 0 Å². The zero-order valence-electron chi connectivity index (χ0n) is 10.7. The van der Waals surface area contributed by atoms with E-state index >= 15 is 0 Å². The van der Waals surface area contributed by atoms with Gasteiger partial charge in [0.1, 0.15) is 0 Å². The van der Waals surface area contributed by atoms with E-state index in [1.165, 1.54) is 0 Å². The van der Waals surface area contributed by atoms with Gasteiger partial charge in [0.05, 0.1) is 6.61 Å². The third kappa shape index (κ3) is 7.57. The lowest BCUT2D eigenvalue weighted by Crippen LogP contribution is -2.45. The molecule has 0 aliphatic heterocycles. The quantitative estimate of drug-likeness (QED) is 0.624. The Kier molecular flexibility index (Phi) is 8.13. The largest absolute Gasteiger partial charge is 0.481 e. The molecule has 0 bridgehead atoms. The van der Waals surface area contributed by atoms with Gasteiger partial charge in [0.25, 0.3) is 0 Å². The topological polar surface area (TPSA) is 78.9 Å². The van der Waals surface area contributed by atoms with Crippen molar-refractivity contribution in [2.24, 2.45) is 0 Å². The molecule has 0 saturated heterocycles. The summed E-state index contributed by atoms with van der Waals surface area (Å²) in [6.45, 7) is 5.24. The number of aliphatic carboxylic acids is 1. The molecule has 0 radical (unpaired) electrons. The molecule has 0 aliphatic carbocycles. The monoisotopic (exact) mass is 246 g/mol. The van der Waals surface area contributed by atoms with E-state index in [2.05, 4.69) is 5.32 Å². The van der Waals surface area contributed by atoms with E-state index < -0.39 is 5.97 Å². The van der Waals surface area contributed by atoms with Crippen molar-refractivity contribution in [2.75, 3.05) is 26.8 Å². The average molecular weight is 246 g/mol. The minimum Gasteiger partial charge on any atom is -0.481 e. The van der Waals surface area contributed by atoms with Crippen molar-refractivity contribution >= 4 is 12.0 Å². The van der Waals surface area contributed by atoms with Crippen LogP contribution in [0.5, 0.6) is 0 Å². The number of hydrogen-bond acceptors (Lipinski definition) is 3. The minimum absolute atomic E-state index is 0.0695. The molecule has 0 spiro atoms. The minimum atomic E-state index is -0.848. The molecule has 0 rings (SSSR count). The maximum Gasteiger partial charge on any atom is 0.317 e. The number of carbonyl (C=O) groups is 2. The Hall–Kier alpha value is -1.30. The Balaban J connectivity index is 3.93. The number of carboxylic acid groups (broad SMARTS) is 1. The number of methoxy groups -OCH3 is 1. The number of carboxylic acids is 1. The van der Waals surface area contributed by atoms with Crippen molar-refractivity contribution in [1.82, 2.24) is 10.2 Å². The van der Waals surface area contributed by atoms with E-state index in [0.29, 0.717) is 26.1 Å². The Bertz CT molecular complexity index is 244. The van der Waals surface area contributed by atoms with Crippen LogP contribution in [0, 0.1) is 0 Å². The number of hydrogen-bond donors (Lipinski definition) is 2. The van der Waals surface area contributed by atoms with Gasteiger partial charge in [0.2, 0.25) is 0 Å². The molecular formula is C11H22N2O4. The molecular weight excluding hydrogens is 224 g/mol. The first-order valence-corrected chi connectivity index (χ1v) is 5.74. The predicted octanol–water partition coefficient (Wildman–Crippen LogP) is 0.918. The van der Waals surface area contributed by atoms with Crippen molar-refractivity contribution in [1.29, 1.82) is 0 Å². The van der Waals surface area contributed by atoms with Crippen molar-refractivity contribution in [3.8, 4) is 0 Å². The van der Waals surface area contributed by atoms with E-state index in [0.717, 1.165) is 0 Å². The van der Waals surface area contributed by atoms with Crippen LogP contribution in [-0.2, 0) is 9.53 Å². The fourth-order valence-corrected chi connectivity index (χ4v) is 1.32. The highest BCUT2D eigenvalue weighted by Crippen LogP contribution is 1.99. The Morgan fingerprint density at radius 3 is 2.53 bits per heavy atom. The number of nitrogens with one attached hydrogen (secondary N) is 1. The summed E-state index contributed by atoms with van der Waals surface area (Å²) in [4.78, 5) is 23.7. The van der Waals surface area contributed by atoms with Crippen molar-refractivity contribution in [3.05, 3.63) is 0 Å². The van der Waals surface area contributed by atoms with E-state index in [1.807, 2.05) is 13.8 Å². The first kappa shape index (κ1) is 15.7. The molecule has 0 aromatic heterocycles. The zero-order chi connectivity index (χ0) is 13.3. The highest BCUT2D eigenvalue weighted by atomic mass is 16.5. The van der Waals surface area contributed by atoms with Gasteiger partial charge in [-0.25, -0.2) is 4.79 Å². The maximum atomic E-state index is 11.7. The van der Waals surface area contributed by atoms with E-state index in [1.54, 1.807) is 12.0 Å². The number of carbonyl (C=O) groups excluding carboxylic acids is 1. The molecule has 17 heavy (non-hydrogen) atoms. The van der Waals surface area contributed by atoms with Gasteiger partial charge in [0.15, 0.2) is 0 Å². The lowest BCUT2D eigenvalue weighted by Gasteiger charge is -2.26. The molecule has 100 valence electrons. The van der Waals surface area contributed by atoms with Gasteiger partial charge in [-0.1, -0.05) is 0 Å². The smallest absolute Gasteiger partial charge is 0.317 e. The Morgan fingerprint density at radius 2 is 2.06 bits per heavy atom. The van der Waals surface area contributed by atoms with Crippen LogP contribution in [0.2, 0.25) is 0 Å². The van der Waals surface area contributed by atoms with Crippen LogP contribution in [-0.4, -0.2) is 54.9 Å². The van der Waals surface area contributed by atoms with E-state index in [-0.39, 0.29) is 18.5 Å². The third-order valence-electron chi connectivity index (χ3n) is 2.26. The fraction of sp³-hybridized carbons (Fsp3) is 0.818. The van der Waals surface area contributed by atoms with Crippen LogP contribution in [0.15, 0.2) is 0 Å². The fourth-order valence-electron chi connectivity index (χ4n) is 1.32. The molecule has 6 heteroatoms. The van der Waals surface area contributed by atoms with Crippen molar-refractivity contribution in [2.45, 2.75) is 32.7 Å². The highest BCUT2D eigenvalue weighted by Gasteiger charge is 2.15. The summed E-state index contributed by atoms with van der Waals surface area (Å²) in [5.41, 5.74) is 0. The van der Waals surface area contributed by atoms with Crippen molar-refractivity contribution in [3.63, 3.8) is 0 Å². The molecule has 6 nitrogen and oxygen atoms in total. The summed E-state index contributed by atoms with van der Waals surface area (Å²) in [7, 11) is 1.59. The number of urea groups is 1. The van der Waals surface area contributed by atoms with Gasteiger partial charge in [-0.2, -0.15) is 0 Å². The van der Waals surface area contributed by atoms with Gasteiger partial charge >= 0.3 is 12.0 Å². The number of amides is 2. The van der Waals surface area contributed by atoms with Crippen LogP contribution >= 0.6 is 0 Å². The summed E-state index contributed by atoms with van der Waals surface area (Å²) in [5.74, 6) is -0.848. The third-order valence-corrected chi connectivity index (χ3v) is 2.26. The lowest BCUT2D eigenvalue weighted by atomic mass is 10.3.